The summed E-state index contributed by atoms with van der Waals surface area (Å²) in [6, 6.07) is 2.08. The molecular formula is C12H22BrN3. The molecule has 0 aromatic carbocycles. The van der Waals surface area contributed by atoms with Crippen molar-refractivity contribution in [1.82, 2.24) is 15.1 Å². The van der Waals surface area contributed by atoms with Crippen LogP contribution in [-0.2, 0) is 13.5 Å². The van der Waals surface area contributed by atoms with E-state index in [1.807, 2.05) is 17.9 Å². The van der Waals surface area contributed by atoms with E-state index >= 15 is 0 Å². The normalized spacial score (nSPS) is 10.9. The van der Waals surface area contributed by atoms with Crippen LogP contribution in [0.2, 0.25) is 0 Å². The lowest BCUT2D eigenvalue weighted by Gasteiger charge is -2.05. The third kappa shape index (κ3) is 5.66. The molecule has 1 rings (SSSR count). The molecule has 1 aromatic heterocycles. The van der Waals surface area contributed by atoms with E-state index < -0.39 is 0 Å². The van der Waals surface area contributed by atoms with Crippen LogP contribution in [0.3, 0.4) is 0 Å². The zero-order valence-corrected chi connectivity index (χ0v) is 11.7. The Bertz CT molecular complexity index is 273. The summed E-state index contributed by atoms with van der Waals surface area (Å²) >= 11 is 3.45. The number of rotatable bonds is 9. The van der Waals surface area contributed by atoms with E-state index in [2.05, 4.69) is 32.4 Å². The van der Waals surface area contributed by atoms with Crippen LogP contribution < -0.4 is 5.32 Å². The minimum Gasteiger partial charge on any atom is -0.316 e. The highest BCUT2D eigenvalue weighted by molar-refractivity contribution is 9.09. The van der Waals surface area contributed by atoms with Gasteiger partial charge in [-0.2, -0.15) is 5.10 Å². The number of halogens is 1. The van der Waals surface area contributed by atoms with E-state index in [0.29, 0.717) is 0 Å². The van der Waals surface area contributed by atoms with Crippen molar-refractivity contribution in [1.29, 1.82) is 0 Å². The van der Waals surface area contributed by atoms with Crippen molar-refractivity contribution in [2.45, 2.75) is 32.1 Å². The molecule has 0 aliphatic carbocycles. The number of aryl methyl sites for hydroxylation is 1. The summed E-state index contributed by atoms with van der Waals surface area (Å²) in [6.07, 6.45) is 8.19. The van der Waals surface area contributed by atoms with Crippen molar-refractivity contribution < 1.29 is 0 Å². The highest BCUT2D eigenvalue weighted by Gasteiger charge is 1.97. The fourth-order valence-corrected chi connectivity index (χ4v) is 2.08. The van der Waals surface area contributed by atoms with Gasteiger partial charge in [0.1, 0.15) is 0 Å². The van der Waals surface area contributed by atoms with E-state index in [0.717, 1.165) is 24.8 Å². The zero-order chi connectivity index (χ0) is 11.6. The maximum atomic E-state index is 4.15. The molecule has 1 heterocycles. The van der Waals surface area contributed by atoms with E-state index in [1.165, 1.54) is 31.4 Å². The van der Waals surface area contributed by atoms with Gasteiger partial charge in [-0.3, -0.25) is 4.68 Å². The average Bonchev–Trinajstić information content (AvgIpc) is 2.68. The Morgan fingerprint density at radius 1 is 1.25 bits per heavy atom. The minimum absolute atomic E-state index is 1.05. The molecule has 0 aliphatic heterocycles. The van der Waals surface area contributed by atoms with Gasteiger partial charge in [0.2, 0.25) is 0 Å². The molecule has 1 N–H and O–H groups in total. The number of nitrogens with zero attached hydrogens (tertiary/aromatic N) is 2. The standard InChI is InChI=1S/C12H22BrN3/c1-16-12(7-11-15-16)6-10-14-9-5-3-2-4-8-13/h7,11,14H,2-6,8-10H2,1H3. The summed E-state index contributed by atoms with van der Waals surface area (Å²) in [5, 5.41) is 8.76. The van der Waals surface area contributed by atoms with Crippen molar-refractivity contribution in [2.24, 2.45) is 7.05 Å². The van der Waals surface area contributed by atoms with Gasteiger partial charge in [-0.25, -0.2) is 0 Å². The lowest BCUT2D eigenvalue weighted by atomic mass is 10.2. The Labute approximate surface area is 107 Å². The smallest absolute Gasteiger partial charge is 0.0492 e. The van der Waals surface area contributed by atoms with Crippen LogP contribution in [0, 0.1) is 0 Å². The molecule has 0 spiro atoms. The van der Waals surface area contributed by atoms with Gasteiger partial charge >= 0.3 is 0 Å². The van der Waals surface area contributed by atoms with E-state index in [4.69, 9.17) is 0 Å². The zero-order valence-electron chi connectivity index (χ0n) is 10.1. The number of hydrogen-bond donors (Lipinski definition) is 1. The van der Waals surface area contributed by atoms with Gasteiger partial charge in [-0.1, -0.05) is 28.8 Å². The summed E-state index contributed by atoms with van der Waals surface area (Å²) in [6.45, 7) is 2.19. The van der Waals surface area contributed by atoms with Gasteiger partial charge in [-0.05, 0) is 25.5 Å². The second-order valence-electron chi connectivity index (χ2n) is 4.05. The predicted molar refractivity (Wildman–Crippen MR) is 72.0 cm³/mol. The maximum Gasteiger partial charge on any atom is 0.0492 e. The van der Waals surface area contributed by atoms with Gasteiger partial charge in [-0.15, -0.1) is 0 Å². The molecule has 92 valence electrons. The molecule has 0 aliphatic rings. The van der Waals surface area contributed by atoms with Crippen molar-refractivity contribution in [2.75, 3.05) is 18.4 Å². The van der Waals surface area contributed by atoms with Gasteiger partial charge in [0, 0.05) is 37.2 Å². The molecular weight excluding hydrogens is 266 g/mol. The van der Waals surface area contributed by atoms with Crippen LogP contribution in [0.4, 0.5) is 0 Å². The first kappa shape index (κ1) is 13.7. The van der Waals surface area contributed by atoms with Crippen LogP contribution in [0.15, 0.2) is 12.3 Å². The summed E-state index contributed by atoms with van der Waals surface area (Å²) in [5.41, 5.74) is 1.30. The number of aromatic nitrogens is 2. The molecule has 0 fully saturated rings. The molecule has 3 nitrogen and oxygen atoms in total. The first-order chi connectivity index (χ1) is 7.84. The predicted octanol–water partition coefficient (Wildman–Crippen LogP) is 2.51. The van der Waals surface area contributed by atoms with E-state index in [9.17, 15) is 0 Å². The fourth-order valence-electron chi connectivity index (χ4n) is 1.69. The van der Waals surface area contributed by atoms with Crippen molar-refractivity contribution in [3.8, 4) is 0 Å². The Kier molecular flexibility index (Phi) is 7.51. The molecule has 0 amide bonds. The molecule has 1 aromatic rings. The molecule has 4 heteroatoms. The minimum atomic E-state index is 1.05. The number of unbranched alkanes of at least 4 members (excludes halogenated alkanes) is 3. The van der Waals surface area contributed by atoms with Crippen LogP contribution in [0.25, 0.3) is 0 Å². The Balaban J connectivity index is 1.91. The molecule has 0 atom stereocenters. The van der Waals surface area contributed by atoms with Crippen molar-refractivity contribution in [3.63, 3.8) is 0 Å². The van der Waals surface area contributed by atoms with Gasteiger partial charge in [0.05, 0.1) is 0 Å². The molecule has 0 bridgehead atoms. The average molecular weight is 288 g/mol. The third-order valence-electron chi connectivity index (χ3n) is 2.72. The monoisotopic (exact) mass is 287 g/mol. The number of alkyl halides is 1. The second kappa shape index (κ2) is 8.76. The molecule has 0 unspecified atom stereocenters. The highest BCUT2D eigenvalue weighted by Crippen LogP contribution is 2.01. The lowest BCUT2D eigenvalue weighted by molar-refractivity contribution is 0.590. The SMILES string of the molecule is Cn1nccc1CCNCCCCCCBr. The summed E-state index contributed by atoms with van der Waals surface area (Å²) in [4.78, 5) is 0. The summed E-state index contributed by atoms with van der Waals surface area (Å²) in [5.74, 6) is 0. The van der Waals surface area contributed by atoms with Crippen LogP contribution in [-0.4, -0.2) is 28.2 Å². The van der Waals surface area contributed by atoms with Crippen molar-refractivity contribution in [3.05, 3.63) is 18.0 Å². The third-order valence-corrected chi connectivity index (χ3v) is 3.28. The Morgan fingerprint density at radius 3 is 2.75 bits per heavy atom. The molecule has 16 heavy (non-hydrogen) atoms. The summed E-state index contributed by atoms with van der Waals surface area (Å²) < 4.78 is 1.94. The quantitative estimate of drug-likeness (QED) is 0.559. The topological polar surface area (TPSA) is 29.9 Å². The van der Waals surface area contributed by atoms with Crippen LogP contribution in [0.1, 0.15) is 31.4 Å². The van der Waals surface area contributed by atoms with Gasteiger partial charge in [0.15, 0.2) is 0 Å². The number of nitrogens with one attached hydrogen (secondary N) is 1. The largest absolute Gasteiger partial charge is 0.316 e. The van der Waals surface area contributed by atoms with Crippen LogP contribution in [0.5, 0.6) is 0 Å². The lowest BCUT2D eigenvalue weighted by Crippen LogP contribution is -2.19. The second-order valence-corrected chi connectivity index (χ2v) is 4.84. The molecule has 0 radical (unpaired) electrons. The van der Waals surface area contributed by atoms with Gasteiger partial charge < -0.3 is 5.32 Å². The Hall–Kier alpha value is -0.350. The molecule has 0 saturated carbocycles. The maximum absolute atomic E-state index is 4.15. The Morgan fingerprint density at radius 2 is 2.06 bits per heavy atom. The van der Waals surface area contributed by atoms with E-state index in [1.54, 1.807) is 0 Å². The molecule has 0 saturated heterocycles. The first-order valence-corrected chi connectivity index (χ1v) is 7.20. The first-order valence-electron chi connectivity index (χ1n) is 6.08. The summed E-state index contributed by atoms with van der Waals surface area (Å²) in [7, 11) is 2.00. The fraction of sp³-hybridized carbons (Fsp3) is 0.750. The number of hydrogen-bond acceptors (Lipinski definition) is 2. The highest BCUT2D eigenvalue weighted by atomic mass is 79.9. The van der Waals surface area contributed by atoms with Crippen molar-refractivity contribution >= 4 is 15.9 Å². The van der Waals surface area contributed by atoms with E-state index in [-0.39, 0.29) is 0 Å². The van der Waals surface area contributed by atoms with Crippen LogP contribution >= 0.6 is 15.9 Å². The van der Waals surface area contributed by atoms with Gasteiger partial charge in [0.25, 0.3) is 0 Å².